The number of carbonyl (C=O) groups excluding carboxylic acids is 1. The summed E-state index contributed by atoms with van der Waals surface area (Å²) in [5, 5.41) is 11.4. The van der Waals surface area contributed by atoms with Gasteiger partial charge in [0.1, 0.15) is 5.82 Å². The van der Waals surface area contributed by atoms with E-state index in [9.17, 15) is 4.79 Å². The fourth-order valence-electron chi connectivity index (χ4n) is 3.01. The monoisotopic (exact) mass is 279 g/mol. The summed E-state index contributed by atoms with van der Waals surface area (Å²) in [7, 11) is 0. The minimum absolute atomic E-state index is 0.283. The highest BCUT2D eigenvalue weighted by atomic mass is 16.2. The van der Waals surface area contributed by atoms with Crippen LogP contribution in [-0.2, 0) is 11.3 Å². The predicted molar refractivity (Wildman–Crippen MR) is 76.0 cm³/mol. The number of hydrogen-bond donors (Lipinski definition) is 0. The van der Waals surface area contributed by atoms with Gasteiger partial charge in [-0.2, -0.15) is 0 Å². The van der Waals surface area contributed by atoms with Crippen molar-refractivity contribution in [1.82, 2.24) is 25.1 Å². The third kappa shape index (κ3) is 3.77. The first kappa shape index (κ1) is 14.9. The van der Waals surface area contributed by atoms with Crippen molar-refractivity contribution in [2.75, 3.05) is 6.54 Å². The van der Waals surface area contributed by atoms with E-state index in [0.29, 0.717) is 19.0 Å². The summed E-state index contributed by atoms with van der Waals surface area (Å²) >= 11 is 0. The molecule has 0 atom stereocenters. The molecule has 2 rings (SSSR count). The molecule has 1 heterocycles. The first-order chi connectivity index (χ1) is 9.72. The SMILES string of the molecule is CCN(C(=O)CCCn1nnnc1C)C1CCCCC1. The van der Waals surface area contributed by atoms with Gasteiger partial charge in [0.25, 0.3) is 0 Å². The normalized spacial score (nSPS) is 16.3. The molecule has 0 radical (unpaired) electrons. The van der Waals surface area contributed by atoms with Gasteiger partial charge < -0.3 is 4.90 Å². The summed E-state index contributed by atoms with van der Waals surface area (Å²) in [5.74, 6) is 1.09. The first-order valence-electron chi connectivity index (χ1n) is 7.74. The minimum Gasteiger partial charge on any atom is -0.340 e. The lowest BCUT2D eigenvalue weighted by atomic mass is 9.94. The number of tetrazole rings is 1. The summed E-state index contributed by atoms with van der Waals surface area (Å²) in [6, 6.07) is 0.469. The van der Waals surface area contributed by atoms with Crippen LogP contribution < -0.4 is 0 Å². The molecule has 1 aliphatic carbocycles. The fraction of sp³-hybridized carbons (Fsp3) is 0.857. The van der Waals surface area contributed by atoms with Crippen LogP contribution in [0.3, 0.4) is 0 Å². The second kappa shape index (κ2) is 7.36. The van der Waals surface area contributed by atoms with Gasteiger partial charge >= 0.3 is 0 Å². The van der Waals surface area contributed by atoms with Gasteiger partial charge in [-0.15, -0.1) is 5.10 Å². The lowest BCUT2D eigenvalue weighted by Gasteiger charge is -2.33. The molecule has 0 aliphatic heterocycles. The van der Waals surface area contributed by atoms with E-state index < -0.39 is 0 Å². The lowest BCUT2D eigenvalue weighted by molar-refractivity contribution is -0.134. The van der Waals surface area contributed by atoms with Crippen LogP contribution in [0.1, 0.15) is 57.7 Å². The summed E-state index contributed by atoms with van der Waals surface area (Å²) in [6.07, 6.45) is 7.58. The molecule has 112 valence electrons. The molecule has 6 nitrogen and oxygen atoms in total. The molecular weight excluding hydrogens is 254 g/mol. The Labute approximate surface area is 120 Å². The minimum atomic E-state index is 0.283. The zero-order valence-electron chi connectivity index (χ0n) is 12.6. The zero-order valence-corrected chi connectivity index (χ0v) is 12.6. The van der Waals surface area contributed by atoms with Crippen LogP contribution in [0.15, 0.2) is 0 Å². The maximum atomic E-state index is 12.4. The van der Waals surface area contributed by atoms with Crippen molar-refractivity contribution in [3.05, 3.63) is 5.82 Å². The highest BCUT2D eigenvalue weighted by Crippen LogP contribution is 2.23. The molecule has 1 aliphatic rings. The van der Waals surface area contributed by atoms with Crippen molar-refractivity contribution < 1.29 is 4.79 Å². The van der Waals surface area contributed by atoms with Crippen LogP contribution in [0.25, 0.3) is 0 Å². The van der Waals surface area contributed by atoms with Crippen molar-refractivity contribution in [2.24, 2.45) is 0 Å². The van der Waals surface area contributed by atoms with E-state index in [4.69, 9.17) is 0 Å². The third-order valence-electron chi connectivity index (χ3n) is 4.15. The second-order valence-electron chi connectivity index (χ2n) is 5.52. The Bertz CT molecular complexity index is 425. The quantitative estimate of drug-likeness (QED) is 0.798. The molecule has 1 aromatic rings. The molecular formula is C14H25N5O. The number of aromatic nitrogens is 4. The molecule has 0 bridgehead atoms. The average Bonchev–Trinajstić information content (AvgIpc) is 2.86. The van der Waals surface area contributed by atoms with Gasteiger partial charge in [0.15, 0.2) is 0 Å². The van der Waals surface area contributed by atoms with Crippen molar-refractivity contribution in [2.45, 2.75) is 71.4 Å². The smallest absolute Gasteiger partial charge is 0.222 e. The molecule has 1 aromatic heterocycles. The molecule has 6 heteroatoms. The molecule has 1 saturated carbocycles. The number of amides is 1. The van der Waals surface area contributed by atoms with E-state index in [-0.39, 0.29) is 5.91 Å². The van der Waals surface area contributed by atoms with Gasteiger partial charge in [-0.1, -0.05) is 19.3 Å². The van der Waals surface area contributed by atoms with Crippen LogP contribution in [0.2, 0.25) is 0 Å². The standard InChI is InChI=1S/C14H25N5O/c1-3-18(13-8-5-4-6-9-13)14(20)10-7-11-19-12(2)15-16-17-19/h13H,3-11H2,1-2H3. The molecule has 0 spiro atoms. The maximum absolute atomic E-state index is 12.4. The van der Waals surface area contributed by atoms with Gasteiger partial charge in [0, 0.05) is 25.6 Å². The van der Waals surface area contributed by atoms with Crippen LogP contribution in [0, 0.1) is 6.92 Å². The summed E-state index contributed by atoms with van der Waals surface area (Å²) in [5.41, 5.74) is 0. The van der Waals surface area contributed by atoms with Gasteiger partial charge in [-0.25, -0.2) is 4.68 Å². The fourth-order valence-corrected chi connectivity index (χ4v) is 3.01. The number of carbonyl (C=O) groups is 1. The van der Waals surface area contributed by atoms with Crippen molar-refractivity contribution in [3.8, 4) is 0 Å². The van der Waals surface area contributed by atoms with Gasteiger partial charge in [-0.05, 0) is 43.5 Å². The number of nitrogens with zero attached hydrogens (tertiary/aromatic N) is 5. The van der Waals surface area contributed by atoms with Crippen molar-refractivity contribution >= 4 is 5.91 Å². The summed E-state index contributed by atoms with van der Waals surface area (Å²) in [6.45, 7) is 5.50. The number of aryl methyl sites for hydroxylation is 2. The van der Waals surface area contributed by atoms with E-state index in [2.05, 4.69) is 27.3 Å². The Kier molecular flexibility index (Phi) is 5.49. The van der Waals surface area contributed by atoms with E-state index in [1.807, 2.05) is 6.92 Å². The second-order valence-corrected chi connectivity index (χ2v) is 5.52. The first-order valence-corrected chi connectivity index (χ1v) is 7.74. The van der Waals surface area contributed by atoms with Crippen molar-refractivity contribution in [3.63, 3.8) is 0 Å². The van der Waals surface area contributed by atoms with Gasteiger partial charge in [-0.3, -0.25) is 4.79 Å². The highest BCUT2D eigenvalue weighted by molar-refractivity contribution is 5.76. The topological polar surface area (TPSA) is 63.9 Å². The largest absolute Gasteiger partial charge is 0.340 e. The van der Waals surface area contributed by atoms with Crippen LogP contribution in [0.4, 0.5) is 0 Å². The molecule has 1 amide bonds. The Morgan fingerprint density at radius 3 is 2.70 bits per heavy atom. The van der Waals surface area contributed by atoms with E-state index >= 15 is 0 Å². The summed E-state index contributed by atoms with van der Waals surface area (Å²) in [4.78, 5) is 14.4. The Balaban J connectivity index is 1.78. The Hall–Kier alpha value is -1.46. The molecule has 0 N–H and O–H groups in total. The Morgan fingerprint density at radius 2 is 2.10 bits per heavy atom. The zero-order chi connectivity index (χ0) is 14.4. The molecule has 1 fully saturated rings. The van der Waals surface area contributed by atoms with Gasteiger partial charge in [0.2, 0.25) is 5.91 Å². The average molecular weight is 279 g/mol. The van der Waals surface area contributed by atoms with E-state index in [1.54, 1.807) is 4.68 Å². The highest BCUT2D eigenvalue weighted by Gasteiger charge is 2.23. The maximum Gasteiger partial charge on any atom is 0.222 e. The molecule has 0 unspecified atom stereocenters. The molecule has 0 aromatic carbocycles. The van der Waals surface area contributed by atoms with E-state index in [0.717, 1.165) is 18.8 Å². The van der Waals surface area contributed by atoms with Crippen molar-refractivity contribution in [1.29, 1.82) is 0 Å². The number of rotatable bonds is 6. The van der Waals surface area contributed by atoms with Crippen LogP contribution >= 0.6 is 0 Å². The predicted octanol–water partition coefficient (Wildman–Crippen LogP) is 1.94. The number of hydrogen-bond acceptors (Lipinski definition) is 4. The molecule has 0 saturated heterocycles. The lowest BCUT2D eigenvalue weighted by Crippen LogP contribution is -2.41. The molecule has 20 heavy (non-hydrogen) atoms. The van der Waals surface area contributed by atoms with Crippen LogP contribution in [0.5, 0.6) is 0 Å². The van der Waals surface area contributed by atoms with E-state index in [1.165, 1.54) is 32.1 Å². The Morgan fingerprint density at radius 1 is 1.35 bits per heavy atom. The third-order valence-corrected chi connectivity index (χ3v) is 4.15. The van der Waals surface area contributed by atoms with Gasteiger partial charge in [0.05, 0.1) is 0 Å². The summed E-state index contributed by atoms with van der Waals surface area (Å²) < 4.78 is 1.75. The van der Waals surface area contributed by atoms with Crippen LogP contribution in [-0.4, -0.2) is 43.6 Å².